The summed E-state index contributed by atoms with van der Waals surface area (Å²) in [6.45, 7) is 6.79. The Morgan fingerprint density at radius 3 is 2.52 bits per heavy atom. The molecule has 5 nitrogen and oxygen atoms in total. The van der Waals surface area contributed by atoms with E-state index in [9.17, 15) is 9.18 Å². The summed E-state index contributed by atoms with van der Waals surface area (Å²) in [4.78, 5) is 15.9. The molecular formula is C24H37ClFN3O2. The number of halogens is 2. The first-order valence-corrected chi connectivity index (χ1v) is 12.0. The fourth-order valence-electron chi connectivity index (χ4n) is 5.14. The quantitative estimate of drug-likeness (QED) is 0.602. The Labute approximate surface area is 191 Å². The number of piperazine rings is 1. The minimum atomic E-state index is -0.244. The third-order valence-electron chi connectivity index (χ3n) is 7.19. The fourth-order valence-corrected chi connectivity index (χ4v) is 5.41. The van der Waals surface area contributed by atoms with E-state index in [1.807, 2.05) is 6.07 Å². The lowest BCUT2D eigenvalue weighted by Gasteiger charge is -2.38. The summed E-state index contributed by atoms with van der Waals surface area (Å²) in [7, 11) is 1.75. The number of carbonyl (C=O) groups is 1. The van der Waals surface area contributed by atoms with Crippen LogP contribution in [0.5, 0.6) is 0 Å². The molecule has 0 spiro atoms. The Morgan fingerprint density at radius 2 is 1.90 bits per heavy atom. The van der Waals surface area contributed by atoms with Gasteiger partial charge in [0.25, 0.3) is 0 Å². The van der Waals surface area contributed by atoms with Crippen LogP contribution < -0.4 is 10.6 Å². The summed E-state index contributed by atoms with van der Waals surface area (Å²) >= 11 is 6.29. The molecule has 1 heterocycles. The van der Waals surface area contributed by atoms with Crippen molar-refractivity contribution in [1.29, 1.82) is 0 Å². The van der Waals surface area contributed by atoms with E-state index in [0.29, 0.717) is 22.9 Å². The number of primary amides is 1. The van der Waals surface area contributed by atoms with Gasteiger partial charge in [0.1, 0.15) is 5.82 Å². The zero-order valence-corrected chi connectivity index (χ0v) is 19.7. The first-order chi connectivity index (χ1) is 14.9. The van der Waals surface area contributed by atoms with E-state index in [1.54, 1.807) is 14.0 Å². The molecule has 31 heavy (non-hydrogen) atoms. The van der Waals surface area contributed by atoms with Gasteiger partial charge in [0, 0.05) is 39.7 Å². The number of ether oxygens (including phenoxy) is 1. The second-order valence-corrected chi connectivity index (χ2v) is 9.64. The molecule has 1 saturated heterocycles. The minimum Gasteiger partial charge on any atom is -0.381 e. The molecule has 2 fully saturated rings. The topological polar surface area (TPSA) is 58.8 Å². The van der Waals surface area contributed by atoms with Crippen molar-refractivity contribution in [3.8, 4) is 0 Å². The van der Waals surface area contributed by atoms with Gasteiger partial charge in [-0.05, 0) is 68.7 Å². The predicted octanol–water partition coefficient (Wildman–Crippen LogP) is 4.39. The fraction of sp³-hybridized carbons (Fsp3) is 0.708. The lowest BCUT2D eigenvalue weighted by atomic mass is 9.77. The van der Waals surface area contributed by atoms with Crippen LogP contribution in [0.2, 0.25) is 5.02 Å². The second kappa shape index (κ2) is 11.5. The van der Waals surface area contributed by atoms with Gasteiger partial charge in [-0.25, -0.2) is 4.39 Å². The van der Waals surface area contributed by atoms with E-state index in [0.717, 1.165) is 50.7 Å². The summed E-state index contributed by atoms with van der Waals surface area (Å²) in [5.41, 5.74) is 6.88. The molecule has 1 aliphatic carbocycles. The Balaban J connectivity index is 1.38. The van der Waals surface area contributed by atoms with Crippen LogP contribution in [0.1, 0.15) is 50.5 Å². The van der Waals surface area contributed by atoms with Crippen molar-refractivity contribution in [2.45, 2.75) is 58.0 Å². The summed E-state index contributed by atoms with van der Waals surface area (Å²) < 4.78 is 19.3. The number of hydrogen-bond donors (Lipinski definition) is 1. The third kappa shape index (κ3) is 6.80. The zero-order chi connectivity index (χ0) is 22.4. The average molecular weight is 454 g/mol. The highest BCUT2D eigenvalue weighted by Crippen LogP contribution is 2.35. The number of benzene rings is 1. The molecule has 0 aromatic heterocycles. The van der Waals surface area contributed by atoms with Gasteiger partial charge in [-0.2, -0.15) is 0 Å². The number of amides is 1. The van der Waals surface area contributed by atoms with Crippen molar-refractivity contribution in [3.05, 3.63) is 28.5 Å². The average Bonchev–Trinajstić information content (AvgIpc) is 2.76. The van der Waals surface area contributed by atoms with Gasteiger partial charge < -0.3 is 15.4 Å². The van der Waals surface area contributed by atoms with E-state index in [2.05, 4.69) is 9.80 Å². The van der Waals surface area contributed by atoms with Gasteiger partial charge in [0.05, 0.1) is 16.8 Å². The lowest BCUT2D eigenvalue weighted by molar-refractivity contribution is -0.119. The number of hydrogen-bond acceptors (Lipinski definition) is 4. The minimum absolute atomic E-state index is 0.156. The molecule has 0 radical (unpaired) electrons. The maximum absolute atomic E-state index is 13.7. The standard InChI is InChI=1S/C24H37ClFN3O2/c1-17-15-22(20(25)16-21(17)26)29-13-11-28(12-14-29)10-9-18-3-5-19(6-4-18)23(31-2)7-8-24(27)30/h15-16,18-19,23H,3-14H2,1-2H3,(H2,27,30). The van der Waals surface area contributed by atoms with Crippen LogP contribution in [-0.2, 0) is 9.53 Å². The van der Waals surface area contributed by atoms with E-state index in [-0.39, 0.29) is 17.8 Å². The molecule has 1 aromatic carbocycles. The van der Waals surface area contributed by atoms with Gasteiger partial charge in [-0.15, -0.1) is 0 Å². The molecular weight excluding hydrogens is 417 g/mol. The molecule has 1 atom stereocenters. The summed E-state index contributed by atoms with van der Waals surface area (Å²) in [5.74, 6) is 0.838. The molecule has 2 N–H and O–H groups in total. The monoisotopic (exact) mass is 453 g/mol. The van der Waals surface area contributed by atoms with Crippen LogP contribution in [0, 0.1) is 24.6 Å². The molecule has 3 rings (SSSR count). The third-order valence-corrected chi connectivity index (χ3v) is 7.49. The van der Waals surface area contributed by atoms with E-state index in [1.165, 1.54) is 38.2 Å². The maximum Gasteiger partial charge on any atom is 0.217 e. The van der Waals surface area contributed by atoms with Gasteiger partial charge in [-0.1, -0.05) is 24.4 Å². The first-order valence-electron chi connectivity index (χ1n) is 11.6. The number of rotatable bonds is 9. The van der Waals surface area contributed by atoms with Crippen LogP contribution in [0.25, 0.3) is 0 Å². The number of aryl methyl sites for hydroxylation is 1. The molecule has 174 valence electrons. The van der Waals surface area contributed by atoms with Crippen molar-refractivity contribution >= 4 is 23.2 Å². The van der Waals surface area contributed by atoms with E-state index < -0.39 is 0 Å². The largest absolute Gasteiger partial charge is 0.381 e. The summed E-state index contributed by atoms with van der Waals surface area (Å²) in [6, 6.07) is 3.29. The smallest absolute Gasteiger partial charge is 0.217 e. The Bertz CT molecular complexity index is 732. The SMILES string of the molecule is COC(CCC(N)=O)C1CCC(CCN2CCN(c3cc(C)c(F)cc3Cl)CC2)CC1. The second-order valence-electron chi connectivity index (χ2n) is 9.23. The molecule has 0 bridgehead atoms. The molecule has 1 amide bonds. The van der Waals surface area contributed by atoms with Crippen LogP contribution in [0.15, 0.2) is 12.1 Å². The number of nitrogens with zero attached hydrogens (tertiary/aromatic N) is 2. The molecule has 1 saturated carbocycles. The zero-order valence-electron chi connectivity index (χ0n) is 18.9. The highest BCUT2D eigenvalue weighted by molar-refractivity contribution is 6.33. The maximum atomic E-state index is 13.7. The van der Waals surface area contributed by atoms with Crippen molar-refractivity contribution in [2.75, 3.05) is 44.7 Å². The number of carbonyl (C=O) groups excluding carboxylic acids is 1. The van der Waals surface area contributed by atoms with Gasteiger partial charge in [0.2, 0.25) is 5.91 Å². The van der Waals surface area contributed by atoms with Crippen molar-refractivity contribution < 1.29 is 13.9 Å². The number of anilines is 1. The van der Waals surface area contributed by atoms with Gasteiger partial charge in [-0.3, -0.25) is 9.69 Å². The van der Waals surface area contributed by atoms with Crippen LogP contribution in [0.4, 0.5) is 10.1 Å². The summed E-state index contributed by atoms with van der Waals surface area (Å²) in [6.07, 6.45) is 7.38. The van der Waals surface area contributed by atoms with Crippen molar-refractivity contribution in [3.63, 3.8) is 0 Å². The normalized spacial score (nSPS) is 23.7. The van der Waals surface area contributed by atoms with Gasteiger partial charge in [0.15, 0.2) is 0 Å². The van der Waals surface area contributed by atoms with Crippen LogP contribution in [0.3, 0.4) is 0 Å². The number of methoxy groups -OCH3 is 1. The summed E-state index contributed by atoms with van der Waals surface area (Å²) in [5, 5.41) is 0.499. The highest BCUT2D eigenvalue weighted by atomic mass is 35.5. The first kappa shape index (κ1) is 24.3. The molecule has 1 unspecified atom stereocenters. The predicted molar refractivity (Wildman–Crippen MR) is 124 cm³/mol. The van der Waals surface area contributed by atoms with Crippen molar-refractivity contribution in [2.24, 2.45) is 17.6 Å². The number of nitrogens with two attached hydrogens (primary N) is 1. The molecule has 1 aromatic rings. The van der Waals surface area contributed by atoms with Gasteiger partial charge >= 0.3 is 0 Å². The Hall–Kier alpha value is -1.37. The molecule has 2 aliphatic rings. The van der Waals surface area contributed by atoms with E-state index >= 15 is 0 Å². The Morgan fingerprint density at radius 1 is 1.23 bits per heavy atom. The van der Waals surface area contributed by atoms with Crippen LogP contribution in [-0.4, -0.2) is 56.7 Å². The Kier molecular flexibility index (Phi) is 8.99. The molecule has 1 aliphatic heterocycles. The van der Waals surface area contributed by atoms with E-state index in [4.69, 9.17) is 22.1 Å². The molecule has 7 heteroatoms. The lowest BCUT2D eigenvalue weighted by Crippen LogP contribution is -2.47. The van der Waals surface area contributed by atoms with Crippen molar-refractivity contribution in [1.82, 2.24) is 4.90 Å². The highest BCUT2D eigenvalue weighted by Gasteiger charge is 2.28. The van der Waals surface area contributed by atoms with Crippen LogP contribution >= 0.6 is 11.6 Å².